The molecule has 0 aliphatic heterocycles. The van der Waals surface area contributed by atoms with Crippen molar-refractivity contribution >= 4 is 0 Å². The van der Waals surface area contributed by atoms with Gasteiger partial charge in [0.05, 0.1) is 6.10 Å². The van der Waals surface area contributed by atoms with E-state index in [1.165, 1.54) is 0 Å². The molecule has 16 heavy (non-hydrogen) atoms. The van der Waals surface area contributed by atoms with Gasteiger partial charge >= 0.3 is 6.18 Å². The zero-order chi connectivity index (χ0) is 12.4. The molecule has 0 aromatic heterocycles. The standard InChI is InChI=1S/C10H20F3NO2/c1-3-15-6-4-5-14-7-9(2)16-8-10(11,12)13/h9,14H,3-8H2,1-2H3. The molecule has 1 unspecified atom stereocenters. The van der Waals surface area contributed by atoms with Gasteiger partial charge in [0, 0.05) is 19.8 Å². The molecule has 0 heterocycles. The van der Waals surface area contributed by atoms with Crippen LogP contribution in [0.25, 0.3) is 0 Å². The van der Waals surface area contributed by atoms with Crippen molar-refractivity contribution in [2.75, 3.05) is 32.9 Å². The molecule has 0 fully saturated rings. The molecule has 0 saturated carbocycles. The maximum Gasteiger partial charge on any atom is 0.411 e. The maximum atomic E-state index is 11.8. The Labute approximate surface area is 94.3 Å². The van der Waals surface area contributed by atoms with Crippen molar-refractivity contribution < 1.29 is 22.6 Å². The van der Waals surface area contributed by atoms with Crippen LogP contribution in [0, 0.1) is 0 Å². The number of alkyl halides is 3. The molecule has 0 saturated heterocycles. The lowest BCUT2D eigenvalue weighted by Gasteiger charge is -2.15. The summed E-state index contributed by atoms with van der Waals surface area (Å²) in [4.78, 5) is 0. The van der Waals surface area contributed by atoms with Crippen LogP contribution in [0.1, 0.15) is 20.3 Å². The van der Waals surface area contributed by atoms with Crippen molar-refractivity contribution in [1.29, 1.82) is 0 Å². The molecule has 6 heteroatoms. The first-order chi connectivity index (χ1) is 7.45. The summed E-state index contributed by atoms with van der Waals surface area (Å²) in [6.07, 6.45) is -3.84. The fraction of sp³-hybridized carbons (Fsp3) is 1.00. The Kier molecular flexibility index (Phi) is 8.60. The predicted molar refractivity (Wildman–Crippen MR) is 55.4 cm³/mol. The van der Waals surface area contributed by atoms with Gasteiger partial charge in [0.1, 0.15) is 6.61 Å². The van der Waals surface area contributed by atoms with Crippen molar-refractivity contribution in [3.63, 3.8) is 0 Å². The maximum absolute atomic E-state index is 11.8. The Bertz CT molecular complexity index is 165. The molecule has 1 N–H and O–H groups in total. The lowest BCUT2D eigenvalue weighted by molar-refractivity contribution is -0.183. The number of rotatable bonds is 9. The van der Waals surface area contributed by atoms with Gasteiger partial charge in [-0.05, 0) is 26.8 Å². The van der Waals surface area contributed by atoms with Crippen LogP contribution < -0.4 is 5.32 Å². The molecular formula is C10H20F3NO2. The summed E-state index contributed by atoms with van der Waals surface area (Å²) in [6.45, 7) is 4.84. The summed E-state index contributed by atoms with van der Waals surface area (Å²) in [5, 5.41) is 3.01. The van der Waals surface area contributed by atoms with Crippen molar-refractivity contribution in [3.05, 3.63) is 0 Å². The van der Waals surface area contributed by atoms with Crippen LogP contribution in [0.2, 0.25) is 0 Å². The highest BCUT2D eigenvalue weighted by Crippen LogP contribution is 2.15. The third-order valence-corrected chi connectivity index (χ3v) is 1.81. The van der Waals surface area contributed by atoms with Crippen LogP contribution in [0.3, 0.4) is 0 Å². The minimum Gasteiger partial charge on any atom is -0.382 e. The number of halogens is 3. The van der Waals surface area contributed by atoms with E-state index in [9.17, 15) is 13.2 Å². The molecule has 0 aliphatic rings. The third kappa shape index (κ3) is 11.7. The molecule has 0 bridgehead atoms. The molecule has 0 amide bonds. The highest BCUT2D eigenvalue weighted by molar-refractivity contribution is 4.57. The van der Waals surface area contributed by atoms with Gasteiger partial charge in [0.25, 0.3) is 0 Å². The molecular weight excluding hydrogens is 223 g/mol. The molecule has 0 aliphatic carbocycles. The molecule has 1 atom stereocenters. The smallest absolute Gasteiger partial charge is 0.382 e. The Hall–Kier alpha value is -0.330. The van der Waals surface area contributed by atoms with E-state index in [-0.39, 0.29) is 0 Å². The Morgan fingerprint density at radius 3 is 2.56 bits per heavy atom. The molecule has 3 nitrogen and oxygen atoms in total. The van der Waals surface area contributed by atoms with E-state index in [1.807, 2.05) is 6.92 Å². The van der Waals surface area contributed by atoms with E-state index in [1.54, 1.807) is 6.92 Å². The van der Waals surface area contributed by atoms with Gasteiger partial charge in [-0.3, -0.25) is 0 Å². The van der Waals surface area contributed by atoms with E-state index in [0.29, 0.717) is 19.8 Å². The Morgan fingerprint density at radius 2 is 2.00 bits per heavy atom. The monoisotopic (exact) mass is 243 g/mol. The van der Waals surface area contributed by atoms with Crippen molar-refractivity contribution in [2.24, 2.45) is 0 Å². The number of hydrogen-bond donors (Lipinski definition) is 1. The van der Waals surface area contributed by atoms with Crippen LogP contribution in [-0.2, 0) is 9.47 Å². The topological polar surface area (TPSA) is 30.5 Å². The summed E-state index contributed by atoms with van der Waals surface area (Å²) in [5.74, 6) is 0. The molecule has 0 aromatic carbocycles. The minimum atomic E-state index is -4.25. The second-order valence-electron chi connectivity index (χ2n) is 3.49. The van der Waals surface area contributed by atoms with E-state index in [0.717, 1.165) is 13.0 Å². The summed E-state index contributed by atoms with van der Waals surface area (Å²) in [6, 6.07) is 0. The first-order valence-electron chi connectivity index (χ1n) is 5.42. The highest BCUT2D eigenvalue weighted by Gasteiger charge is 2.28. The zero-order valence-electron chi connectivity index (χ0n) is 9.77. The van der Waals surface area contributed by atoms with Crippen molar-refractivity contribution in [2.45, 2.75) is 32.5 Å². The highest BCUT2D eigenvalue weighted by atomic mass is 19.4. The first-order valence-corrected chi connectivity index (χ1v) is 5.42. The average molecular weight is 243 g/mol. The van der Waals surface area contributed by atoms with E-state index in [4.69, 9.17) is 4.74 Å². The normalized spacial score (nSPS) is 14.1. The van der Waals surface area contributed by atoms with Gasteiger partial charge in [-0.15, -0.1) is 0 Å². The van der Waals surface area contributed by atoms with Crippen LogP contribution in [0.5, 0.6) is 0 Å². The first kappa shape index (κ1) is 15.7. The summed E-state index contributed by atoms with van der Waals surface area (Å²) < 4.78 is 45.1. The summed E-state index contributed by atoms with van der Waals surface area (Å²) in [5.41, 5.74) is 0. The summed E-state index contributed by atoms with van der Waals surface area (Å²) in [7, 11) is 0. The minimum absolute atomic E-state index is 0.419. The third-order valence-electron chi connectivity index (χ3n) is 1.81. The van der Waals surface area contributed by atoms with Crippen LogP contribution in [-0.4, -0.2) is 45.2 Å². The summed E-state index contributed by atoms with van der Waals surface area (Å²) >= 11 is 0. The number of ether oxygens (including phenoxy) is 2. The second-order valence-corrected chi connectivity index (χ2v) is 3.49. The van der Waals surface area contributed by atoms with E-state index in [2.05, 4.69) is 10.1 Å². The van der Waals surface area contributed by atoms with Gasteiger partial charge in [-0.25, -0.2) is 0 Å². The van der Waals surface area contributed by atoms with Crippen molar-refractivity contribution in [3.8, 4) is 0 Å². The second kappa shape index (κ2) is 8.78. The number of nitrogens with one attached hydrogen (secondary N) is 1. The molecule has 0 radical (unpaired) electrons. The zero-order valence-corrected chi connectivity index (χ0v) is 9.77. The van der Waals surface area contributed by atoms with E-state index < -0.39 is 18.9 Å². The molecule has 0 rings (SSSR count). The lowest BCUT2D eigenvalue weighted by Crippen LogP contribution is -2.31. The SMILES string of the molecule is CCOCCCNCC(C)OCC(F)(F)F. The Morgan fingerprint density at radius 1 is 1.31 bits per heavy atom. The fourth-order valence-corrected chi connectivity index (χ4v) is 1.04. The Balaban J connectivity index is 3.27. The van der Waals surface area contributed by atoms with Gasteiger partial charge in [0.2, 0.25) is 0 Å². The van der Waals surface area contributed by atoms with Crippen LogP contribution >= 0.6 is 0 Å². The van der Waals surface area contributed by atoms with Gasteiger partial charge < -0.3 is 14.8 Å². The molecule has 98 valence electrons. The van der Waals surface area contributed by atoms with Crippen molar-refractivity contribution in [1.82, 2.24) is 5.32 Å². The van der Waals surface area contributed by atoms with Gasteiger partial charge in [0.15, 0.2) is 0 Å². The van der Waals surface area contributed by atoms with E-state index >= 15 is 0 Å². The fourth-order valence-electron chi connectivity index (χ4n) is 1.04. The predicted octanol–water partition coefficient (Wildman–Crippen LogP) is 1.97. The molecule has 0 aromatic rings. The van der Waals surface area contributed by atoms with Gasteiger partial charge in [-0.2, -0.15) is 13.2 Å². The van der Waals surface area contributed by atoms with Crippen LogP contribution in [0.15, 0.2) is 0 Å². The van der Waals surface area contributed by atoms with Gasteiger partial charge in [-0.1, -0.05) is 0 Å². The average Bonchev–Trinajstić information content (AvgIpc) is 2.19. The largest absolute Gasteiger partial charge is 0.411 e. The lowest BCUT2D eigenvalue weighted by atomic mass is 10.3. The quantitative estimate of drug-likeness (QED) is 0.628. The number of hydrogen-bond acceptors (Lipinski definition) is 3. The molecule has 0 spiro atoms. The van der Waals surface area contributed by atoms with Crippen LogP contribution in [0.4, 0.5) is 13.2 Å².